The van der Waals surface area contributed by atoms with Crippen molar-refractivity contribution in [1.29, 1.82) is 0 Å². The molecule has 1 aliphatic heterocycles. The van der Waals surface area contributed by atoms with E-state index >= 15 is 0 Å². The third kappa shape index (κ3) is 5.20. The van der Waals surface area contributed by atoms with E-state index in [2.05, 4.69) is 5.32 Å². The molecule has 7 heteroatoms. The Bertz CT molecular complexity index is 610. The summed E-state index contributed by atoms with van der Waals surface area (Å²) in [7, 11) is 3.39. The Morgan fingerprint density at radius 2 is 1.80 bits per heavy atom. The number of carbonyl (C=O) groups is 3. The summed E-state index contributed by atoms with van der Waals surface area (Å²) >= 11 is 0. The highest BCUT2D eigenvalue weighted by atomic mass is 16.4. The van der Waals surface area contributed by atoms with E-state index in [0.29, 0.717) is 25.9 Å². The first-order valence-electron chi connectivity index (χ1n) is 8.42. The van der Waals surface area contributed by atoms with Gasteiger partial charge in [0.05, 0.1) is 0 Å². The summed E-state index contributed by atoms with van der Waals surface area (Å²) in [5.41, 5.74) is 0.863. The summed E-state index contributed by atoms with van der Waals surface area (Å²) in [6.45, 7) is 1.01. The fourth-order valence-electron chi connectivity index (χ4n) is 2.96. The van der Waals surface area contributed by atoms with Crippen LogP contribution in [0.25, 0.3) is 0 Å². The number of likely N-dealkylation sites (tertiary alicyclic amines) is 1. The molecular formula is C18H25N3O4. The number of nitrogens with zero attached hydrogens (tertiary/aromatic N) is 2. The van der Waals surface area contributed by atoms with Gasteiger partial charge in [-0.2, -0.15) is 0 Å². The van der Waals surface area contributed by atoms with Gasteiger partial charge in [-0.1, -0.05) is 30.3 Å². The maximum Gasteiger partial charge on any atom is 0.326 e. The number of carbonyl (C=O) groups excluding carboxylic acids is 2. The minimum absolute atomic E-state index is 0.0636. The summed E-state index contributed by atoms with van der Waals surface area (Å²) < 4.78 is 0. The second-order valence-corrected chi connectivity index (χ2v) is 6.53. The van der Waals surface area contributed by atoms with Gasteiger partial charge < -0.3 is 20.2 Å². The summed E-state index contributed by atoms with van der Waals surface area (Å²) in [6.07, 6.45) is 1.34. The Balaban J connectivity index is 1.89. The number of carboxylic acids is 1. The summed E-state index contributed by atoms with van der Waals surface area (Å²) in [6, 6.07) is 8.21. The second-order valence-electron chi connectivity index (χ2n) is 6.53. The monoisotopic (exact) mass is 347 g/mol. The minimum Gasteiger partial charge on any atom is -0.480 e. The van der Waals surface area contributed by atoms with Gasteiger partial charge >= 0.3 is 12.0 Å². The third-order valence-electron chi connectivity index (χ3n) is 4.42. The quantitative estimate of drug-likeness (QED) is 0.837. The maximum absolute atomic E-state index is 12.4. The topological polar surface area (TPSA) is 90.0 Å². The highest BCUT2D eigenvalue weighted by Crippen LogP contribution is 2.18. The van der Waals surface area contributed by atoms with Crippen LogP contribution in [0.15, 0.2) is 30.3 Å². The molecule has 0 spiro atoms. The average molecular weight is 347 g/mol. The van der Waals surface area contributed by atoms with Crippen LogP contribution in [0.5, 0.6) is 0 Å². The van der Waals surface area contributed by atoms with Crippen molar-refractivity contribution in [1.82, 2.24) is 15.1 Å². The smallest absolute Gasteiger partial charge is 0.326 e. The van der Waals surface area contributed by atoms with Crippen molar-refractivity contribution in [3.05, 3.63) is 35.9 Å². The van der Waals surface area contributed by atoms with Gasteiger partial charge in [0.1, 0.15) is 6.04 Å². The molecule has 1 fully saturated rings. The van der Waals surface area contributed by atoms with Gasteiger partial charge in [-0.05, 0) is 18.4 Å². The lowest BCUT2D eigenvalue weighted by Gasteiger charge is -2.33. The first-order chi connectivity index (χ1) is 11.9. The molecule has 1 unspecified atom stereocenters. The SMILES string of the molecule is CN(C)C(=O)N1CCC(C(=O)NC(Cc2ccccc2)C(=O)O)CC1. The fourth-order valence-corrected chi connectivity index (χ4v) is 2.96. The van der Waals surface area contributed by atoms with E-state index in [-0.39, 0.29) is 24.3 Å². The van der Waals surface area contributed by atoms with E-state index < -0.39 is 12.0 Å². The molecular weight excluding hydrogens is 322 g/mol. The lowest BCUT2D eigenvalue weighted by molar-refractivity contribution is -0.142. The molecule has 1 aromatic carbocycles. The number of rotatable bonds is 5. The Labute approximate surface area is 147 Å². The minimum atomic E-state index is -1.04. The van der Waals surface area contributed by atoms with E-state index in [0.717, 1.165) is 5.56 Å². The van der Waals surface area contributed by atoms with Crippen LogP contribution < -0.4 is 5.32 Å². The normalized spacial score (nSPS) is 16.2. The van der Waals surface area contributed by atoms with Gasteiger partial charge in [-0.3, -0.25) is 4.79 Å². The zero-order chi connectivity index (χ0) is 18.4. The third-order valence-corrected chi connectivity index (χ3v) is 4.42. The Morgan fingerprint density at radius 3 is 2.32 bits per heavy atom. The number of benzene rings is 1. The van der Waals surface area contributed by atoms with Gasteiger partial charge in [0, 0.05) is 39.5 Å². The Morgan fingerprint density at radius 1 is 1.20 bits per heavy atom. The van der Waals surface area contributed by atoms with Crippen LogP contribution in [-0.4, -0.2) is 66.0 Å². The van der Waals surface area contributed by atoms with E-state index in [1.165, 1.54) is 4.90 Å². The van der Waals surface area contributed by atoms with Crippen LogP contribution in [0.3, 0.4) is 0 Å². The lowest BCUT2D eigenvalue weighted by Crippen LogP contribution is -2.49. The molecule has 1 atom stereocenters. The number of hydrogen-bond acceptors (Lipinski definition) is 3. The highest BCUT2D eigenvalue weighted by Gasteiger charge is 2.30. The van der Waals surface area contributed by atoms with Crippen molar-refractivity contribution < 1.29 is 19.5 Å². The van der Waals surface area contributed by atoms with Crippen molar-refractivity contribution in [3.63, 3.8) is 0 Å². The van der Waals surface area contributed by atoms with E-state index in [9.17, 15) is 19.5 Å². The predicted molar refractivity (Wildman–Crippen MR) is 93.1 cm³/mol. The highest BCUT2D eigenvalue weighted by molar-refractivity contribution is 5.85. The lowest BCUT2D eigenvalue weighted by atomic mass is 9.95. The molecule has 2 N–H and O–H groups in total. The van der Waals surface area contributed by atoms with Gasteiger partial charge in [0.25, 0.3) is 0 Å². The number of nitrogens with one attached hydrogen (secondary N) is 1. The van der Waals surface area contributed by atoms with Crippen LogP contribution in [0.4, 0.5) is 4.79 Å². The van der Waals surface area contributed by atoms with Crippen LogP contribution in [0.1, 0.15) is 18.4 Å². The zero-order valence-electron chi connectivity index (χ0n) is 14.6. The number of hydrogen-bond donors (Lipinski definition) is 2. The van der Waals surface area contributed by atoms with Gasteiger partial charge in [-0.15, -0.1) is 0 Å². The van der Waals surface area contributed by atoms with E-state index in [1.807, 2.05) is 30.3 Å². The standard InChI is InChI=1S/C18H25N3O4/c1-20(2)18(25)21-10-8-14(9-11-21)16(22)19-15(17(23)24)12-13-6-4-3-5-7-13/h3-7,14-15H,8-12H2,1-2H3,(H,19,22)(H,23,24). The molecule has 0 aliphatic carbocycles. The summed E-state index contributed by atoms with van der Waals surface area (Å²) in [5, 5.41) is 12.0. The second kappa shape index (κ2) is 8.50. The maximum atomic E-state index is 12.4. The van der Waals surface area contributed by atoms with Crippen molar-refractivity contribution in [2.45, 2.75) is 25.3 Å². The Hall–Kier alpha value is -2.57. The molecule has 3 amide bonds. The molecule has 0 aromatic heterocycles. The molecule has 1 saturated heterocycles. The van der Waals surface area contributed by atoms with Gasteiger partial charge in [0.15, 0.2) is 0 Å². The molecule has 2 rings (SSSR count). The number of piperidine rings is 1. The Kier molecular flexibility index (Phi) is 6.38. The van der Waals surface area contributed by atoms with Crippen LogP contribution in [0, 0.1) is 5.92 Å². The molecule has 0 saturated carbocycles. The number of aliphatic carboxylic acids is 1. The molecule has 1 aliphatic rings. The van der Waals surface area contributed by atoms with Crippen molar-refractivity contribution in [2.24, 2.45) is 5.92 Å². The predicted octanol–water partition coefficient (Wildman–Crippen LogP) is 1.19. The van der Waals surface area contributed by atoms with Crippen LogP contribution >= 0.6 is 0 Å². The zero-order valence-corrected chi connectivity index (χ0v) is 14.6. The van der Waals surface area contributed by atoms with Gasteiger partial charge in [-0.25, -0.2) is 9.59 Å². The molecule has 7 nitrogen and oxygen atoms in total. The molecule has 0 radical (unpaired) electrons. The van der Waals surface area contributed by atoms with Gasteiger partial charge in [0.2, 0.25) is 5.91 Å². The average Bonchev–Trinajstić information content (AvgIpc) is 2.61. The first-order valence-corrected chi connectivity index (χ1v) is 8.42. The summed E-state index contributed by atoms with van der Waals surface area (Å²) in [4.78, 5) is 39.0. The number of carboxylic acid groups (broad SMARTS) is 1. The van der Waals surface area contributed by atoms with E-state index in [1.54, 1.807) is 19.0 Å². The van der Waals surface area contributed by atoms with Crippen LogP contribution in [-0.2, 0) is 16.0 Å². The van der Waals surface area contributed by atoms with Crippen molar-refractivity contribution >= 4 is 17.9 Å². The molecule has 1 aromatic rings. The van der Waals surface area contributed by atoms with Crippen molar-refractivity contribution in [2.75, 3.05) is 27.2 Å². The number of urea groups is 1. The van der Waals surface area contributed by atoms with E-state index in [4.69, 9.17) is 0 Å². The molecule has 0 bridgehead atoms. The van der Waals surface area contributed by atoms with Crippen LogP contribution in [0.2, 0.25) is 0 Å². The summed E-state index contributed by atoms with van der Waals surface area (Å²) in [5.74, 6) is -1.55. The number of amides is 3. The first kappa shape index (κ1) is 18.8. The fraction of sp³-hybridized carbons (Fsp3) is 0.500. The molecule has 136 valence electrons. The molecule has 1 heterocycles. The molecule has 25 heavy (non-hydrogen) atoms. The largest absolute Gasteiger partial charge is 0.480 e. The van der Waals surface area contributed by atoms with Crippen molar-refractivity contribution in [3.8, 4) is 0 Å².